The second-order valence-corrected chi connectivity index (χ2v) is 8.41. The molecule has 2 aromatic rings. The highest BCUT2D eigenvalue weighted by atomic mass is 32.1. The van der Waals surface area contributed by atoms with Crippen LogP contribution in [0.3, 0.4) is 0 Å². The number of hydrogen-bond donors (Lipinski definition) is 3. The first kappa shape index (κ1) is 20.1. The van der Waals surface area contributed by atoms with E-state index in [1.807, 2.05) is 24.3 Å². The minimum absolute atomic E-state index is 0.0483. The van der Waals surface area contributed by atoms with Gasteiger partial charge in [0, 0.05) is 6.42 Å². The number of carbonyl (C=O) groups excluding carboxylic acids is 2. The fourth-order valence-corrected chi connectivity index (χ4v) is 3.07. The summed E-state index contributed by atoms with van der Waals surface area (Å²) in [5, 5.41) is 11.9. The lowest BCUT2D eigenvalue weighted by Gasteiger charge is -2.20. The highest BCUT2D eigenvalue weighted by molar-refractivity contribution is 7.73. The Labute approximate surface area is 161 Å². The number of nitrogens with one attached hydrogen (secondary N) is 3. The number of aromatic nitrogens is 2. The zero-order valence-electron chi connectivity index (χ0n) is 15.1. The Bertz CT molecular complexity index is 822. The Hall–Kier alpha value is -2.26. The van der Waals surface area contributed by atoms with Crippen LogP contribution in [0.15, 0.2) is 24.3 Å². The Morgan fingerprint density at radius 1 is 1.31 bits per heavy atom. The first-order chi connectivity index (χ1) is 12.2. The number of aromatic amines is 1. The number of amides is 2. The number of hydrogen-bond acceptors (Lipinski definition) is 6. The standard InChI is InChI=1S/C17H22N4O3S2/c1-17(2,3)11-7-5-10(6-8-11)9-12(13(22)24-4)18-14(23)19-15-20-21-16(25)26-15/h5-8,12H,9H2,1-4H3,(H,21,25)(H2,18,19,20,23)/t12-/m0/s1. The van der Waals surface area contributed by atoms with Gasteiger partial charge in [0.05, 0.1) is 7.11 Å². The molecule has 3 N–H and O–H groups in total. The molecule has 0 bridgehead atoms. The smallest absolute Gasteiger partial charge is 0.328 e. The van der Waals surface area contributed by atoms with Gasteiger partial charge in [-0.2, -0.15) is 0 Å². The minimum Gasteiger partial charge on any atom is -0.467 e. The van der Waals surface area contributed by atoms with Crippen LogP contribution in [0.2, 0.25) is 0 Å². The predicted octanol–water partition coefficient (Wildman–Crippen LogP) is 3.40. The van der Waals surface area contributed by atoms with Crippen LogP contribution in [0.25, 0.3) is 0 Å². The third-order valence-electron chi connectivity index (χ3n) is 3.71. The number of anilines is 1. The van der Waals surface area contributed by atoms with E-state index in [2.05, 4.69) is 41.6 Å². The number of nitrogens with zero attached hydrogens (tertiary/aromatic N) is 1. The summed E-state index contributed by atoms with van der Waals surface area (Å²) in [6.45, 7) is 6.40. The Morgan fingerprint density at radius 3 is 2.46 bits per heavy atom. The van der Waals surface area contributed by atoms with Gasteiger partial charge in [-0.15, -0.1) is 5.10 Å². The van der Waals surface area contributed by atoms with E-state index >= 15 is 0 Å². The molecule has 0 unspecified atom stereocenters. The lowest BCUT2D eigenvalue weighted by Crippen LogP contribution is -2.45. The molecule has 0 saturated carbocycles. The Balaban J connectivity index is 2.06. The van der Waals surface area contributed by atoms with Gasteiger partial charge in [-0.1, -0.05) is 56.4 Å². The summed E-state index contributed by atoms with van der Waals surface area (Å²) in [7, 11) is 1.29. The van der Waals surface area contributed by atoms with Crippen molar-refractivity contribution in [3.8, 4) is 0 Å². The van der Waals surface area contributed by atoms with Crippen LogP contribution in [0, 0.1) is 3.95 Å². The van der Waals surface area contributed by atoms with Crippen molar-refractivity contribution in [2.75, 3.05) is 12.4 Å². The normalized spacial score (nSPS) is 12.3. The molecule has 0 radical (unpaired) electrons. The Morgan fingerprint density at radius 2 is 1.96 bits per heavy atom. The average molecular weight is 395 g/mol. The van der Waals surface area contributed by atoms with Crippen molar-refractivity contribution >= 4 is 40.7 Å². The predicted molar refractivity (Wildman–Crippen MR) is 104 cm³/mol. The van der Waals surface area contributed by atoms with E-state index in [1.165, 1.54) is 12.7 Å². The van der Waals surface area contributed by atoms with Crippen molar-refractivity contribution in [2.45, 2.75) is 38.6 Å². The SMILES string of the molecule is COC(=O)[C@H](Cc1ccc(C(C)(C)C)cc1)NC(=O)Nc1n[nH]c(=S)s1. The summed E-state index contributed by atoms with van der Waals surface area (Å²) >= 11 is 6.04. The van der Waals surface area contributed by atoms with E-state index in [1.54, 1.807) is 0 Å². The Kier molecular flexibility index (Phi) is 6.49. The van der Waals surface area contributed by atoms with Gasteiger partial charge < -0.3 is 10.1 Å². The van der Waals surface area contributed by atoms with E-state index in [-0.39, 0.29) is 5.41 Å². The molecule has 2 rings (SSSR count). The van der Waals surface area contributed by atoms with Crippen LogP contribution in [-0.2, 0) is 21.4 Å². The van der Waals surface area contributed by atoms with Crippen LogP contribution in [0.4, 0.5) is 9.93 Å². The number of ether oxygens (including phenoxy) is 1. The largest absolute Gasteiger partial charge is 0.467 e. The highest BCUT2D eigenvalue weighted by Crippen LogP contribution is 2.22. The van der Waals surface area contributed by atoms with E-state index in [0.29, 0.717) is 15.5 Å². The van der Waals surface area contributed by atoms with Gasteiger partial charge in [-0.25, -0.2) is 9.59 Å². The quantitative estimate of drug-likeness (QED) is 0.533. The van der Waals surface area contributed by atoms with Gasteiger partial charge in [0.2, 0.25) is 5.13 Å². The lowest BCUT2D eigenvalue weighted by atomic mass is 9.86. The molecule has 7 nitrogen and oxygen atoms in total. The zero-order chi connectivity index (χ0) is 19.3. The summed E-state index contributed by atoms with van der Waals surface area (Å²) in [5.41, 5.74) is 2.16. The molecule has 0 aliphatic heterocycles. The molecule has 0 fully saturated rings. The minimum atomic E-state index is -0.813. The number of methoxy groups -OCH3 is 1. The first-order valence-electron chi connectivity index (χ1n) is 7.99. The summed E-state index contributed by atoms with van der Waals surface area (Å²) in [4.78, 5) is 24.2. The summed E-state index contributed by atoms with van der Waals surface area (Å²) in [5.74, 6) is -0.519. The summed E-state index contributed by atoms with van der Waals surface area (Å²) in [6.07, 6.45) is 0.320. The maximum absolute atomic E-state index is 12.1. The van der Waals surface area contributed by atoms with Crippen molar-refractivity contribution < 1.29 is 14.3 Å². The number of H-pyrrole nitrogens is 1. The average Bonchev–Trinajstić information content (AvgIpc) is 2.98. The fraction of sp³-hybridized carbons (Fsp3) is 0.412. The zero-order valence-corrected chi connectivity index (χ0v) is 16.7. The van der Waals surface area contributed by atoms with E-state index in [4.69, 9.17) is 17.0 Å². The monoisotopic (exact) mass is 394 g/mol. The van der Waals surface area contributed by atoms with Crippen molar-refractivity contribution in [3.05, 3.63) is 39.3 Å². The van der Waals surface area contributed by atoms with Crippen LogP contribution in [0.5, 0.6) is 0 Å². The number of benzene rings is 1. The first-order valence-corrected chi connectivity index (χ1v) is 9.22. The second-order valence-electron chi connectivity index (χ2n) is 6.74. The molecule has 26 heavy (non-hydrogen) atoms. The van der Waals surface area contributed by atoms with Crippen molar-refractivity contribution in [3.63, 3.8) is 0 Å². The maximum atomic E-state index is 12.1. The molecular formula is C17H22N4O3S2. The molecule has 1 atom stereocenters. The van der Waals surface area contributed by atoms with Gasteiger partial charge in [0.25, 0.3) is 0 Å². The third-order valence-corrected chi connectivity index (χ3v) is 4.71. The maximum Gasteiger partial charge on any atom is 0.328 e. The van der Waals surface area contributed by atoms with Crippen molar-refractivity contribution in [1.29, 1.82) is 0 Å². The van der Waals surface area contributed by atoms with Gasteiger partial charge in [-0.05, 0) is 28.8 Å². The van der Waals surface area contributed by atoms with Crippen LogP contribution in [0.1, 0.15) is 31.9 Å². The molecule has 9 heteroatoms. The number of urea groups is 1. The summed E-state index contributed by atoms with van der Waals surface area (Å²) in [6, 6.07) is 6.60. The molecule has 1 heterocycles. The number of esters is 1. The molecule has 0 saturated heterocycles. The number of carbonyl (C=O) groups is 2. The van der Waals surface area contributed by atoms with E-state index in [0.717, 1.165) is 16.9 Å². The highest BCUT2D eigenvalue weighted by Gasteiger charge is 2.23. The summed E-state index contributed by atoms with van der Waals surface area (Å²) < 4.78 is 5.25. The lowest BCUT2D eigenvalue weighted by molar-refractivity contribution is -0.142. The molecule has 0 aliphatic carbocycles. The van der Waals surface area contributed by atoms with Crippen LogP contribution >= 0.6 is 23.6 Å². The molecule has 1 aromatic carbocycles. The van der Waals surface area contributed by atoms with Crippen molar-refractivity contribution in [1.82, 2.24) is 15.5 Å². The topological polar surface area (TPSA) is 96.1 Å². The van der Waals surface area contributed by atoms with Crippen LogP contribution in [-0.4, -0.2) is 35.3 Å². The molecule has 0 aliphatic rings. The van der Waals surface area contributed by atoms with E-state index in [9.17, 15) is 9.59 Å². The van der Waals surface area contributed by atoms with Crippen molar-refractivity contribution in [2.24, 2.45) is 0 Å². The second kappa shape index (κ2) is 8.41. The third kappa shape index (κ3) is 5.63. The van der Waals surface area contributed by atoms with Gasteiger partial charge >= 0.3 is 12.0 Å². The van der Waals surface area contributed by atoms with Gasteiger partial charge in [0.1, 0.15) is 6.04 Å². The number of rotatable bonds is 5. The fourth-order valence-electron chi connectivity index (χ4n) is 2.29. The van der Waals surface area contributed by atoms with Gasteiger partial charge in [-0.3, -0.25) is 10.4 Å². The molecule has 2 amide bonds. The molecule has 1 aromatic heterocycles. The van der Waals surface area contributed by atoms with E-state index < -0.39 is 18.0 Å². The molecule has 140 valence electrons. The molecule has 0 spiro atoms. The van der Waals surface area contributed by atoms with Gasteiger partial charge in [0.15, 0.2) is 3.95 Å². The van der Waals surface area contributed by atoms with Crippen LogP contribution < -0.4 is 10.6 Å². The molecular weight excluding hydrogens is 372 g/mol.